The molecule has 1 fully saturated rings. The number of likely N-dealkylation sites (tertiary alicyclic amines) is 1. The lowest BCUT2D eigenvalue weighted by molar-refractivity contribution is -0.153. The molecule has 2 N–H and O–H groups in total. The van der Waals surface area contributed by atoms with Gasteiger partial charge in [-0.05, 0) is 60.1 Å². The second-order valence-corrected chi connectivity index (χ2v) is 12.3. The smallest absolute Gasteiger partial charge is 0.410 e. The van der Waals surface area contributed by atoms with Crippen molar-refractivity contribution >= 4 is 45.5 Å². The molecule has 3 heterocycles. The molecule has 2 aliphatic heterocycles. The molecule has 1 amide bonds. The second-order valence-electron chi connectivity index (χ2n) is 11.3. The minimum atomic E-state index is -0.512. The molecule has 1 saturated heterocycles. The number of rotatable bonds is 5. The highest BCUT2D eigenvalue weighted by atomic mass is 32.2. The maximum Gasteiger partial charge on any atom is 0.410 e. The van der Waals surface area contributed by atoms with Crippen LogP contribution in [0.15, 0.2) is 29.3 Å². The van der Waals surface area contributed by atoms with Crippen molar-refractivity contribution in [2.75, 3.05) is 30.8 Å². The first-order valence-corrected chi connectivity index (χ1v) is 13.1. The van der Waals surface area contributed by atoms with E-state index in [1.165, 1.54) is 0 Å². The van der Waals surface area contributed by atoms with Crippen LogP contribution in [-0.2, 0) is 14.3 Å². The van der Waals surface area contributed by atoms with Gasteiger partial charge in [0.25, 0.3) is 0 Å². The van der Waals surface area contributed by atoms with Crippen LogP contribution in [0.5, 0.6) is 0 Å². The number of H-pyrrole nitrogens is 1. The lowest BCUT2D eigenvalue weighted by Crippen LogP contribution is -2.36. The quantitative estimate of drug-likeness (QED) is 0.559. The number of amides is 1. The molecule has 190 valence electrons. The normalized spacial score (nSPS) is 20.7. The van der Waals surface area contributed by atoms with Gasteiger partial charge in [0.15, 0.2) is 0 Å². The van der Waals surface area contributed by atoms with E-state index in [1.807, 2.05) is 47.6 Å². The van der Waals surface area contributed by atoms with Crippen LogP contribution in [0, 0.1) is 5.41 Å². The van der Waals surface area contributed by atoms with Gasteiger partial charge < -0.3 is 24.7 Å². The molecule has 0 radical (unpaired) electrons. The number of aromatic amines is 1. The number of hydrogen-bond donors (Lipinski definition) is 2. The van der Waals surface area contributed by atoms with Crippen molar-refractivity contribution in [1.29, 1.82) is 0 Å². The summed E-state index contributed by atoms with van der Waals surface area (Å²) in [7, 11) is 0. The van der Waals surface area contributed by atoms with Crippen LogP contribution < -0.4 is 5.32 Å². The molecule has 2 aromatic rings. The maximum absolute atomic E-state index is 12.4. The van der Waals surface area contributed by atoms with E-state index in [0.717, 1.165) is 39.5 Å². The van der Waals surface area contributed by atoms with Crippen molar-refractivity contribution < 1.29 is 19.1 Å². The Balaban J connectivity index is 1.41. The molecule has 2 aliphatic rings. The first-order valence-electron chi connectivity index (χ1n) is 12.1. The molecule has 1 aromatic heterocycles. The Bertz CT molecular complexity index is 1130. The van der Waals surface area contributed by atoms with Crippen molar-refractivity contribution in [3.05, 3.63) is 30.0 Å². The van der Waals surface area contributed by atoms with Crippen LogP contribution in [0.3, 0.4) is 0 Å². The number of carbonyl (C=O) groups excluding carboxylic acids is 2. The molecule has 8 nitrogen and oxygen atoms in total. The number of benzene rings is 1. The molecule has 9 heteroatoms. The van der Waals surface area contributed by atoms with Crippen LogP contribution in [0.4, 0.5) is 10.5 Å². The number of anilines is 1. The van der Waals surface area contributed by atoms with E-state index in [9.17, 15) is 9.59 Å². The van der Waals surface area contributed by atoms with Crippen molar-refractivity contribution in [3.63, 3.8) is 0 Å². The Morgan fingerprint density at radius 3 is 2.71 bits per heavy atom. The summed E-state index contributed by atoms with van der Waals surface area (Å²) in [6.07, 6.45) is 0.599. The Kier molecular flexibility index (Phi) is 7.09. The van der Waals surface area contributed by atoms with Gasteiger partial charge in [0.1, 0.15) is 17.3 Å². The number of thioether (sulfide) groups is 1. The summed E-state index contributed by atoms with van der Waals surface area (Å²) in [5.41, 5.74) is 1.98. The monoisotopic (exact) mass is 500 g/mol. The van der Waals surface area contributed by atoms with E-state index >= 15 is 0 Å². The summed E-state index contributed by atoms with van der Waals surface area (Å²) in [6, 6.07) is 8.38. The lowest BCUT2D eigenvalue weighted by Gasteiger charge is -2.24. The molecule has 0 spiro atoms. The Morgan fingerprint density at radius 1 is 1.23 bits per heavy atom. The molecule has 35 heavy (non-hydrogen) atoms. The van der Waals surface area contributed by atoms with E-state index in [0.29, 0.717) is 19.7 Å². The van der Waals surface area contributed by atoms with Crippen LogP contribution in [-0.4, -0.2) is 70.1 Å². The first kappa shape index (κ1) is 25.4. The van der Waals surface area contributed by atoms with Gasteiger partial charge in [-0.3, -0.25) is 9.79 Å². The predicted octanol–water partition coefficient (Wildman–Crippen LogP) is 5.04. The molecule has 1 aromatic carbocycles. The van der Waals surface area contributed by atoms with Gasteiger partial charge in [0.05, 0.1) is 28.4 Å². The number of nitrogens with zero attached hydrogens (tertiary/aromatic N) is 2. The number of fused-ring (bicyclic) bond motifs is 1. The number of hydrogen-bond acceptors (Lipinski definition) is 7. The summed E-state index contributed by atoms with van der Waals surface area (Å²) in [5, 5.41) is 5.63. The van der Waals surface area contributed by atoms with Crippen molar-refractivity contribution in [2.45, 2.75) is 65.6 Å². The van der Waals surface area contributed by atoms with Crippen LogP contribution >= 0.6 is 11.8 Å². The fourth-order valence-electron chi connectivity index (χ4n) is 4.02. The number of nitrogens with one attached hydrogen (secondary N) is 2. The van der Waals surface area contributed by atoms with E-state index < -0.39 is 11.0 Å². The summed E-state index contributed by atoms with van der Waals surface area (Å²) in [5.74, 6) is 0.583. The van der Waals surface area contributed by atoms with Gasteiger partial charge in [0.2, 0.25) is 0 Å². The fraction of sp³-hybridized carbons (Fsp3) is 0.577. The van der Waals surface area contributed by atoms with E-state index in [-0.39, 0.29) is 24.1 Å². The SMILES string of the molecule is CC(C)(C)OC(=O)N1CCC(Nc2cccc3cc(C4=NC(COC(=O)C(C)(C)C)CS4)[nH]c23)C1. The van der Waals surface area contributed by atoms with Gasteiger partial charge in [-0.2, -0.15) is 0 Å². The number of esters is 1. The largest absolute Gasteiger partial charge is 0.463 e. The average molecular weight is 501 g/mol. The summed E-state index contributed by atoms with van der Waals surface area (Å²) < 4.78 is 11.0. The molecule has 0 bridgehead atoms. The summed E-state index contributed by atoms with van der Waals surface area (Å²) in [4.78, 5) is 34.6. The van der Waals surface area contributed by atoms with Gasteiger partial charge >= 0.3 is 12.1 Å². The zero-order valence-corrected chi connectivity index (χ0v) is 22.3. The zero-order valence-electron chi connectivity index (χ0n) is 21.4. The van der Waals surface area contributed by atoms with Gasteiger partial charge in [-0.1, -0.05) is 12.1 Å². The molecule has 2 unspecified atom stereocenters. The number of aromatic nitrogens is 1. The first-order chi connectivity index (χ1) is 16.4. The van der Waals surface area contributed by atoms with Crippen LogP contribution in [0.1, 0.15) is 53.7 Å². The second kappa shape index (κ2) is 9.76. The van der Waals surface area contributed by atoms with E-state index in [4.69, 9.17) is 14.5 Å². The van der Waals surface area contributed by atoms with Crippen molar-refractivity contribution in [3.8, 4) is 0 Å². The molecule has 0 aliphatic carbocycles. The minimum Gasteiger partial charge on any atom is -0.463 e. The molecule has 2 atom stereocenters. The third-order valence-electron chi connectivity index (χ3n) is 5.82. The van der Waals surface area contributed by atoms with E-state index in [1.54, 1.807) is 16.7 Å². The highest BCUT2D eigenvalue weighted by molar-refractivity contribution is 8.14. The van der Waals surface area contributed by atoms with E-state index in [2.05, 4.69) is 28.5 Å². The molecule has 4 rings (SSSR count). The van der Waals surface area contributed by atoms with Crippen LogP contribution in [0.2, 0.25) is 0 Å². The topological polar surface area (TPSA) is 96.0 Å². The highest BCUT2D eigenvalue weighted by Gasteiger charge is 2.30. The number of aliphatic imine (C=N–C) groups is 1. The standard InChI is InChI=1S/C26H36N4O4S/c1-25(2,3)23(31)33-14-18-15-35-22(28-18)20-12-16-8-7-9-19(21(16)29-20)27-17-10-11-30(13-17)24(32)34-26(4,5)6/h7-9,12,17-18,27,29H,10-11,13-15H2,1-6H3. The summed E-state index contributed by atoms with van der Waals surface area (Å²) >= 11 is 1.67. The van der Waals surface area contributed by atoms with Gasteiger partial charge in [-0.15, -0.1) is 11.8 Å². The van der Waals surface area contributed by atoms with Gasteiger partial charge in [-0.25, -0.2) is 4.79 Å². The lowest BCUT2D eigenvalue weighted by atomic mass is 9.97. The zero-order chi connectivity index (χ0) is 25.4. The third kappa shape index (κ3) is 6.31. The fourth-order valence-corrected chi connectivity index (χ4v) is 5.03. The predicted molar refractivity (Wildman–Crippen MR) is 141 cm³/mol. The highest BCUT2D eigenvalue weighted by Crippen LogP contribution is 2.30. The summed E-state index contributed by atoms with van der Waals surface area (Å²) in [6.45, 7) is 12.8. The molecular formula is C26H36N4O4S. The van der Waals surface area contributed by atoms with Crippen LogP contribution in [0.25, 0.3) is 10.9 Å². The minimum absolute atomic E-state index is 0.0392. The number of carbonyl (C=O) groups is 2. The molecular weight excluding hydrogens is 464 g/mol. The number of para-hydroxylation sites is 1. The molecule has 0 saturated carbocycles. The maximum atomic E-state index is 12.4. The Hall–Kier alpha value is -2.68. The Morgan fingerprint density at radius 2 is 2.00 bits per heavy atom. The third-order valence-corrected chi connectivity index (χ3v) is 6.97. The van der Waals surface area contributed by atoms with Gasteiger partial charge in [0, 0.05) is 30.3 Å². The average Bonchev–Trinajstić information content (AvgIpc) is 3.49. The Labute approximate surface area is 211 Å². The van der Waals surface area contributed by atoms with Crippen molar-refractivity contribution in [1.82, 2.24) is 9.88 Å². The number of ether oxygens (including phenoxy) is 2. The van der Waals surface area contributed by atoms with Crippen molar-refractivity contribution in [2.24, 2.45) is 10.4 Å².